The first-order valence-corrected chi connectivity index (χ1v) is 13.0. The molecule has 1 heterocycles. The number of hydrogen-bond acceptors (Lipinski definition) is 4. The molecule has 0 fully saturated rings. The van der Waals surface area contributed by atoms with E-state index in [0.29, 0.717) is 12.3 Å². The molecule has 3 aromatic rings. The van der Waals surface area contributed by atoms with E-state index in [1.807, 2.05) is 36.8 Å². The number of alkyl halides is 3. The molecule has 0 saturated carbocycles. The van der Waals surface area contributed by atoms with Crippen LogP contribution in [0.4, 0.5) is 18.9 Å². The number of ether oxygens (including phenoxy) is 1. The SMILES string of the molecule is C=O.CC(C)(C)O.CCc1c(-c2ccc(C)cc2)cc2c(c1C)N(CCC(F)(F)F)Cc1cc(OC)ccc1-2. The van der Waals surface area contributed by atoms with E-state index in [2.05, 4.69) is 44.2 Å². The zero-order valence-corrected chi connectivity index (χ0v) is 24.0. The lowest BCUT2D eigenvalue weighted by molar-refractivity contribution is -0.132. The molecule has 0 aliphatic carbocycles. The first-order valence-electron chi connectivity index (χ1n) is 13.0. The van der Waals surface area contributed by atoms with Gasteiger partial charge in [0.05, 0.1) is 19.1 Å². The topological polar surface area (TPSA) is 49.8 Å². The Bertz CT molecular complexity index is 1240. The summed E-state index contributed by atoms with van der Waals surface area (Å²) >= 11 is 0. The van der Waals surface area contributed by atoms with Crippen molar-refractivity contribution in [2.45, 2.75) is 72.7 Å². The van der Waals surface area contributed by atoms with E-state index in [9.17, 15) is 13.2 Å². The van der Waals surface area contributed by atoms with Gasteiger partial charge in [0.15, 0.2) is 0 Å². The lowest BCUT2D eigenvalue weighted by atomic mass is 9.84. The van der Waals surface area contributed by atoms with Gasteiger partial charge in [-0.25, -0.2) is 0 Å². The van der Waals surface area contributed by atoms with Crippen LogP contribution in [0.5, 0.6) is 5.75 Å². The average molecular weight is 544 g/mol. The molecule has 0 aromatic heterocycles. The highest BCUT2D eigenvalue weighted by molar-refractivity contribution is 5.91. The number of anilines is 1. The van der Waals surface area contributed by atoms with Crippen molar-refractivity contribution in [2.75, 3.05) is 18.6 Å². The molecule has 0 spiro atoms. The van der Waals surface area contributed by atoms with Gasteiger partial charge in [0.25, 0.3) is 0 Å². The fourth-order valence-corrected chi connectivity index (χ4v) is 4.73. The van der Waals surface area contributed by atoms with Crippen molar-refractivity contribution in [3.8, 4) is 28.0 Å². The molecule has 0 saturated heterocycles. The third-order valence-electron chi connectivity index (χ3n) is 6.34. The Balaban J connectivity index is 0.000000686. The van der Waals surface area contributed by atoms with Crippen molar-refractivity contribution < 1.29 is 27.8 Å². The van der Waals surface area contributed by atoms with Gasteiger partial charge in [-0.05, 0) is 92.6 Å². The lowest BCUT2D eigenvalue weighted by Gasteiger charge is -2.36. The van der Waals surface area contributed by atoms with Crippen LogP contribution in [0, 0.1) is 13.8 Å². The molecule has 0 radical (unpaired) electrons. The van der Waals surface area contributed by atoms with E-state index in [4.69, 9.17) is 14.6 Å². The minimum atomic E-state index is -4.20. The number of aliphatic hydroxyl groups is 1. The van der Waals surface area contributed by atoms with Crippen LogP contribution in [0.15, 0.2) is 48.5 Å². The second-order valence-corrected chi connectivity index (χ2v) is 10.6. The van der Waals surface area contributed by atoms with E-state index in [1.54, 1.807) is 27.9 Å². The zero-order chi connectivity index (χ0) is 29.5. The molecule has 4 rings (SSSR count). The lowest BCUT2D eigenvalue weighted by Crippen LogP contribution is -2.31. The average Bonchev–Trinajstić information content (AvgIpc) is 2.86. The maximum Gasteiger partial charge on any atom is 0.390 e. The van der Waals surface area contributed by atoms with Crippen LogP contribution in [0.1, 0.15) is 56.4 Å². The fraction of sp³-hybridized carbons (Fsp3) is 0.406. The van der Waals surface area contributed by atoms with Gasteiger partial charge in [-0.2, -0.15) is 13.2 Å². The van der Waals surface area contributed by atoms with Gasteiger partial charge in [-0.1, -0.05) is 42.8 Å². The molecule has 0 unspecified atom stereocenters. The number of hydrogen-bond donors (Lipinski definition) is 1. The molecule has 39 heavy (non-hydrogen) atoms. The Morgan fingerprint density at radius 1 is 0.949 bits per heavy atom. The molecule has 0 bridgehead atoms. The van der Waals surface area contributed by atoms with Crippen LogP contribution >= 0.6 is 0 Å². The second-order valence-electron chi connectivity index (χ2n) is 10.6. The maximum absolute atomic E-state index is 13.1. The number of halogens is 3. The van der Waals surface area contributed by atoms with Crippen LogP contribution in [-0.2, 0) is 17.8 Å². The predicted molar refractivity (Wildman–Crippen MR) is 154 cm³/mol. The molecule has 1 aliphatic rings. The summed E-state index contributed by atoms with van der Waals surface area (Å²) in [4.78, 5) is 9.89. The minimum absolute atomic E-state index is 0.0684. The smallest absolute Gasteiger partial charge is 0.390 e. The minimum Gasteiger partial charge on any atom is -0.497 e. The van der Waals surface area contributed by atoms with Crippen molar-refractivity contribution >= 4 is 12.5 Å². The van der Waals surface area contributed by atoms with Crippen molar-refractivity contribution in [3.05, 3.63) is 70.8 Å². The summed E-state index contributed by atoms with van der Waals surface area (Å²) in [5.74, 6) is 0.712. The van der Waals surface area contributed by atoms with Gasteiger partial charge in [0.2, 0.25) is 0 Å². The van der Waals surface area contributed by atoms with Gasteiger partial charge >= 0.3 is 6.18 Å². The van der Waals surface area contributed by atoms with Crippen molar-refractivity contribution in [1.82, 2.24) is 0 Å². The summed E-state index contributed by atoms with van der Waals surface area (Å²) in [5, 5.41) is 8.52. The number of benzene rings is 3. The summed E-state index contributed by atoms with van der Waals surface area (Å²) in [7, 11) is 1.60. The third kappa shape index (κ3) is 8.59. The first kappa shape index (κ1) is 31.9. The summed E-state index contributed by atoms with van der Waals surface area (Å²) < 4.78 is 44.7. The molecular weight excluding hydrogens is 503 g/mol. The van der Waals surface area contributed by atoms with E-state index in [-0.39, 0.29) is 6.54 Å². The normalized spacial score (nSPS) is 12.3. The third-order valence-corrected chi connectivity index (χ3v) is 6.34. The highest BCUT2D eigenvalue weighted by Gasteiger charge is 2.32. The molecule has 212 valence electrons. The summed E-state index contributed by atoms with van der Waals surface area (Å²) in [5.41, 5.74) is 9.15. The number of fused-ring (bicyclic) bond motifs is 3. The Morgan fingerprint density at radius 2 is 1.54 bits per heavy atom. The molecule has 7 heteroatoms. The van der Waals surface area contributed by atoms with Gasteiger partial charge in [-0.3, -0.25) is 0 Å². The highest BCUT2D eigenvalue weighted by Crippen LogP contribution is 2.46. The standard InChI is InChI=1S/C27H28F3NO.C4H10O.CH2O/c1-5-22-18(3)26-25(15-24(22)19-8-6-17(2)7-9-19)23-11-10-21(32-4)14-20(23)16-31(26)13-12-27(28,29)30;1-4(2,3)5;1-2/h6-11,14-15H,5,12-13,16H2,1-4H3;5H,1-3H3;1H2. The van der Waals surface area contributed by atoms with Crippen LogP contribution in [0.3, 0.4) is 0 Å². The fourth-order valence-electron chi connectivity index (χ4n) is 4.73. The molecule has 1 N–H and O–H groups in total. The highest BCUT2D eigenvalue weighted by atomic mass is 19.4. The molecule has 1 aliphatic heterocycles. The van der Waals surface area contributed by atoms with Crippen molar-refractivity contribution in [2.24, 2.45) is 0 Å². The number of carbonyl (C=O) groups is 1. The summed E-state index contributed by atoms with van der Waals surface area (Å²) in [6, 6.07) is 16.5. The largest absolute Gasteiger partial charge is 0.497 e. The Hall–Kier alpha value is -3.32. The molecule has 0 amide bonds. The van der Waals surface area contributed by atoms with E-state index in [1.165, 1.54) is 11.1 Å². The number of carbonyl (C=O) groups excluding carboxylic acids is 1. The van der Waals surface area contributed by atoms with Crippen LogP contribution in [0.25, 0.3) is 22.3 Å². The summed E-state index contributed by atoms with van der Waals surface area (Å²) in [6.07, 6.45) is -4.23. The molecular formula is C32H40F3NO3. The maximum atomic E-state index is 13.1. The van der Waals surface area contributed by atoms with Crippen molar-refractivity contribution in [3.63, 3.8) is 0 Å². The van der Waals surface area contributed by atoms with Gasteiger partial charge in [0.1, 0.15) is 12.5 Å². The zero-order valence-electron chi connectivity index (χ0n) is 24.0. The number of aryl methyl sites for hydroxylation is 1. The number of methoxy groups -OCH3 is 1. The second kappa shape index (κ2) is 13.2. The monoisotopic (exact) mass is 543 g/mol. The van der Waals surface area contributed by atoms with Crippen LogP contribution < -0.4 is 9.64 Å². The van der Waals surface area contributed by atoms with Crippen LogP contribution in [-0.4, -0.2) is 37.3 Å². The van der Waals surface area contributed by atoms with Gasteiger partial charge in [0, 0.05) is 24.3 Å². The Labute approximate surface area is 230 Å². The first-order chi connectivity index (χ1) is 18.2. The van der Waals surface area contributed by atoms with Gasteiger partial charge in [-0.15, -0.1) is 0 Å². The summed E-state index contributed by atoms with van der Waals surface area (Å²) in [6.45, 7) is 13.8. The van der Waals surface area contributed by atoms with E-state index < -0.39 is 18.2 Å². The van der Waals surface area contributed by atoms with E-state index >= 15 is 0 Å². The van der Waals surface area contributed by atoms with Crippen LogP contribution in [0.2, 0.25) is 0 Å². The predicted octanol–water partition coefficient (Wildman–Crippen LogP) is 8.07. The Morgan fingerprint density at radius 3 is 2.05 bits per heavy atom. The quantitative estimate of drug-likeness (QED) is 0.354. The molecule has 4 nitrogen and oxygen atoms in total. The van der Waals surface area contributed by atoms with Crippen molar-refractivity contribution in [1.29, 1.82) is 0 Å². The molecule has 3 aromatic carbocycles. The number of rotatable bonds is 5. The van der Waals surface area contributed by atoms with Gasteiger partial charge < -0.3 is 19.5 Å². The molecule has 0 atom stereocenters. The number of nitrogens with zero attached hydrogens (tertiary/aromatic N) is 1. The van der Waals surface area contributed by atoms with E-state index in [0.717, 1.165) is 45.5 Å². The Kier molecular flexibility index (Phi) is 10.8.